The Hall–Kier alpha value is -2.46. The van der Waals surface area contributed by atoms with Crippen LogP contribution in [0.5, 0.6) is 5.75 Å². The summed E-state index contributed by atoms with van der Waals surface area (Å²) in [5.41, 5.74) is 2.29. The Morgan fingerprint density at radius 2 is 1.96 bits per heavy atom. The van der Waals surface area contributed by atoms with Crippen molar-refractivity contribution in [3.8, 4) is 5.75 Å². The number of rotatable bonds is 6. The summed E-state index contributed by atoms with van der Waals surface area (Å²) in [7, 11) is 0. The third-order valence-electron chi connectivity index (χ3n) is 5.49. The average Bonchev–Trinajstić information content (AvgIpc) is 2.71. The van der Waals surface area contributed by atoms with Gasteiger partial charge in [0, 0.05) is 0 Å². The third kappa shape index (κ3) is 4.68. The van der Waals surface area contributed by atoms with E-state index < -0.39 is 11.8 Å². The summed E-state index contributed by atoms with van der Waals surface area (Å²) in [4.78, 5) is 12.3. The normalized spacial score (nSPS) is 19.2. The molecule has 0 radical (unpaired) electrons. The molecule has 2 atom stereocenters. The predicted octanol–water partition coefficient (Wildman–Crippen LogP) is 6.10. The van der Waals surface area contributed by atoms with Crippen molar-refractivity contribution in [3.05, 3.63) is 77.1 Å². The van der Waals surface area contributed by atoms with Crippen molar-refractivity contribution in [1.82, 2.24) is 0 Å². The lowest BCUT2D eigenvalue weighted by Crippen LogP contribution is -2.20. The van der Waals surface area contributed by atoms with Crippen LogP contribution in [-0.2, 0) is 4.74 Å². The van der Waals surface area contributed by atoms with E-state index in [1.165, 1.54) is 6.07 Å². The SMILES string of the molecule is C=CCCC1CCC(c2ccc(OC(=O)c3ccc(C)c(C)c3F)cc2)OC1. The van der Waals surface area contributed by atoms with Gasteiger partial charge in [0.1, 0.15) is 11.6 Å². The summed E-state index contributed by atoms with van der Waals surface area (Å²) >= 11 is 0. The molecule has 0 aromatic heterocycles. The molecule has 1 fully saturated rings. The Balaban J connectivity index is 1.60. The van der Waals surface area contributed by atoms with Crippen LogP contribution in [0.1, 0.15) is 58.8 Å². The summed E-state index contributed by atoms with van der Waals surface area (Å²) in [6.45, 7) is 8.00. The van der Waals surface area contributed by atoms with Gasteiger partial charge in [-0.3, -0.25) is 0 Å². The van der Waals surface area contributed by atoms with E-state index in [1.807, 2.05) is 18.2 Å². The molecule has 2 aromatic rings. The monoisotopic (exact) mass is 382 g/mol. The summed E-state index contributed by atoms with van der Waals surface area (Å²) < 4.78 is 25.7. The molecule has 1 heterocycles. The van der Waals surface area contributed by atoms with Crippen LogP contribution in [0.3, 0.4) is 0 Å². The van der Waals surface area contributed by atoms with E-state index in [-0.39, 0.29) is 11.7 Å². The molecular formula is C24H27FO3. The first-order valence-electron chi connectivity index (χ1n) is 9.80. The van der Waals surface area contributed by atoms with Crippen LogP contribution in [0.25, 0.3) is 0 Å². The van der Waals surface area contributed by atoms with Gasteiger partial charge in [0.05, 0.1) is 18.3 Å². The Morgan fingerprint density at radius 3 is 2.61 bits per heavy atom. The molecule has 1 aliphatic heterocycles. The van der Waals surface area contributed by atoms with Crippen molar-refractivity contribution < 1.29 is 18.7 Å². The second-order valence-corrected chi connectivity index (χ2v) is 7.46. The van der Waals surface area contributed by atoms with Crippen molar-refractivity contribution in [2.24, 2.45) is 5.92 Å². The third-order valence-corrected chi connectivity index (χ3v) is 5.49. The van der Waals surface area contributed by atoms with E-state index in [0.29, 0.717) is 17.2 Å². The van der Waals surface area contributed by atoms with Crippen LogP contribution in [0.15, 0.2) is 49.1 Å². The molecule has 0 N–H and O–H groups in total. The van der Waals surface area contributed by atoms with Gasteiger partial charge in [-0.25, -0.2) is 9.18 Å². The van der Waals surface area contributed by atoms with Gasteiger partial charge in [-0.2, -0.15) is 0 Å². The first-order valence-corrected chi connectivity index (χ1v) is 9.80. The highest BCUT2D eigenvalue weighted by molar-refractivity contribution is 5.91. The summed E-state index contributed by atoms with van der Waals surface area (Å²) in [6.07, 6.45) is 6.30. The molecule has 0 amide bonds. The maximum absolute atomic E-state index is 14.3. The van der Waals surface area contributed by atoms with Gasteiger partial charge in [-0.1, -0.05) is 24.3 Å². The zero-order chi connectivity index (χ0) is 20.1. The molecule has 148 valence electrons. The Labute approximate surface area is 166 Å². The molecule has 28 heavy (non-hydrogen) atoms. The number of allylic oxidation sites excluding steroid dienone is 1. The van der Waals surface area contributed by atoms with Crippen LogP contribution in [0.4, 0.5) is 4.39 Å². The van der Waals surface area contributed by atoms with Gasteiger partial charge in [-0.15, -0.1) is 6.58 Å². The van der Waals surface area contributed by atoms with Crippen molar-refractivity contribution in [3.63, 3.8) is 0 Å². The highest BCUT2D eigenvalue weighted by Crippen LogP contribution is 2.33. The van der Waals surface area contributed by atoms with Gasteiger partial charge in [0.2, 0.25) is 0 Å². The minimum Gasteiger partial charge on any atom is -0.423 e. The van der Waals surface area contributed by atoms with E-state index in [9.17, 15) is 9.18 Å². The molecular weight excluding hydrogens is 355 g/mol. The lowest BCUT2D eigenvalue weighted by Gasteiger charge is -2.29. The van der Waals surface area contributed by atoms with Crippen molar-refractivity contribution >= 4 is 5.97 Å². The van der Waals surface area contributed by atoms with Crippen LogP contribution in [0, 0.1) is 25.6 Å². The Morgan fingerprint density at radius 1 is 1.21 bits per heavy atom. The van der Waals surface area contributed by atoms with E-state index >= 15 is 0 Å². The Bertz CT molecular complexity index is 834. The fourth-order valence-electron chi connectivity index (χ4n) is 3.50. The number of hydrogen-bond acceptors (Lipinski definition) is 3. The van der Waals surface area contributed by atoms with Crippen LogP contribution in [-0.4, -0.2) is 12.6 Å². The highest BCUT2D eigenvalue weighted by atomic mass is 19.1. The van der Waals surface area contributed by atoms with Crippen molar-refractivity contribution in [2.75, 3.05) is 6.61 Å². The highest BCUT2D eigenvalue weighted by Gasteiger charge is 2.23. The standard InChI is InChI=1S/C24H27FO3/c1-4-5-6-18-8-14-22(27-15-18)19-9-11-20(12-10-19)28-24(26)21-13-7-16(2)17(3)23(21)25/h4,7,9-13,18,22H,1,5-6,8,14-15H2,2-3H3. The maximum Gasteiger partial charge on any atom is 0.346 e. The minimum atomic E-state index is -0.688. The summed E-state index contributed by atoms with van der Waals surface area (Å²) in [6, 6.07) is 10.5. The van der Waals surface area contributed by atoms with Gasteiger partial charge < -0.3 is 9.47 Å². The van der Waals surface area contributed by atoms with Crippen LogP contribution in [0.2, 0.25) is 0 Å². The molecule has 1 saturated heterocycles. The molecule has 0 spiro atoms. The number of ether oxygens (including phenoxy) is 2. The molecule has 1 aliphatic rings. The van der Waals surface area contributed by atoms with E-state index in [1.54, 1.807) is 32.0 Å². The number of hydrogen-bond donors (Lipinski definition) is 0. The number of carbonyl (C=O) groups excluding carboxylic acids is 1. The van der Waals surface area contributed by atoms with Gasteiger partial charge >= 0.3 is 5.97 Å². The Kier molecular flexibility index (Phi) is 6.63. The number of aryl methyl sites for hydroxylation is 1. The molecule has 0 aliphatic carbocycles. The molecule has 0 bridgehead atoms. The number of halogens is 1. The van der Waals surface area contributed by atoms with E-state index in [4.69, 9.17) is 9.47 Å². The lowest BCUT2D eigenvalue weighted by atomic mass is 9.91. The molecule has 4 heteroatoms. The fourth-order valence-corrected chi connectivity index (χ4v) is 3.50. The first kappa shape index (κ1) is 20.3. The quantitative estimate of drug-likeness (QED) is 0.344. The molecule has 2 aromatic carbocycles. The zero-order valence-corrected chi connectivity index (χ0v) is 16.5. The lowest BCUT2D eigenvalue weighted by molar-refractivity contribution is -0.0190. The molecule has 2 unspecified atom stereocenters. The average molecular weight is 382 g/mol. The van der Waals surface area contributed by atoms with Crippen molar-refractivity contribution in [2.45, 2.75) is 45.6 Å². The molecule has 3 nitrogen and oxygen atoms in total. The minimum absolute atomic E-state index is 0.0478. The maximum atomic E-state index is 14.3. The zero-order valence-electron chi connectivity index (χ0n) is 16.5. The van der Waals surface area contributed by atoms with E-state index in [2.05, 4.69) is 6.58 Å². The summed E-state index contributed by atoms with van der Waals surface area (Å²) in [5.74, 6) is -0.219. The molecule has 3 rings (SSSR count). The second kappa shape index (κ2) is 9.16. The smallest absolute Gasteiger partial charge is 0.346 e. The molecule has 0 saturated carbocycles. The topological polar surface area (TPSA) is 35.5 Å². The van der Waals surface area contributed by atoms with Gasteiger partial charge in [0.15, 0.2) is 0 Å². The number of esters is 1. The van der Waals surface area contributed by atoms with Crippen LogP contribution < -0.4 is 4.74 Å². The van der Waals surface area contributed by atoms with Crippen LogP contribution >= 0.6 is 0 Å². The largest absolute Gasteiger partial charge is 0.423 e. The summed E-state index contributed by atoms with van der Waals surface area (Å²) in [5, 5.41) is 0. The number of benzene rings is 2. The van der Waals surface area contributed by atoms with Crippen molar-refractivity contribution in [1.29, 1.82) is 0 Å². The van der Waals surface area contributed by atoms with Gasteiger partial charge in [0.25, 0.3) is 0 Å². The van der Waals surface area contributed by atoms with E-state index in [0.717, 1.165) is 43.4 Å². The number of carbonyl (C=O) groups is 1. The fraction of sp³-hybridized carbons (Fsp3) is 0.375. The van der Waals surface area contributed by atoms with Gasteiger partial charge in [-0.05, 0) is 80.3 Å². The predicted molar refractivity (Wildman–Crippen MR) is 108 cm³/mol. The second-order valence-electron chi connectivity index (χ2n) is 7.46. The first-order chi connectivity index (χ1) is 13.5.